The quantitative estimate of drug-likeness (QED) is 0.747. The fourth-order valence-corrected chi connectivity index (χ4v) is 2.63. The largest absolute Gasteiger partial charge is 0.380 e. The number of hydrogen-bond acceptors (Lipinski definition) is 2. The Morgan fingerprint density at radius 2 is 1.79 bits per heavy atom. The molecule has 1 heterocycles. The van der Waals surface area contributed by atoms with Gasteiger partial charge in [-0.2, -0.15) is 0 Å². The molecule has 82 valence electrons. The number of ether oxygens (including phenoxy) is 1. The van der Waals surface area contributed by atoms with Crippen molar-refractivity contribution in [3.8, 4) is 0 Å². The molecule has 2 rings (SSSR count). The minimum atomic E-state index is 0.651. The molecule has 2 aliphatic rings. The van der Waals surface area contributed by atoms with E-state index in [0.717, 1.165) is 19.1 Å². The molecular formula is C12H23NO. The average molecular weight is 197 g/mol. The summed E-state index contributed by atoms with van der Waals surface area (Å²) in [6.07, 6.45) is 9.74. The van der Waals surface area contributed by atoms with Crippen LogP contribution in [0, 0.1) is 5.92 Å². The zero-order chi connectivity index (χ0) is 9.64. The van der Waals surface area contributed by atoms with Gasteiger partial charge in [-0.1, -0.05) is 19.3 Å². The van der Waals surface area contributed by atoms with Crippen LogP contribution in [0.5, 0.6) is 0 Å². The molecule has 0 aromatic rings. The van der Waals surface area contributed by atoms with Gasteiger partial charge in [0.15, 0.2) is 0 Å². The highest BCUT2D eigenvalue weighted by atomic mass is 16.5. The summed E-state index contributed by atoms with van der Waals surface area (Å²) in [5.41, 5.74) is 0. The maximum atomic E-state index is 5.79. The summed E-state index contributed by atoms with van der Waals surface area (Å²) >= 11 is 0. The molecule has 0 aromatic heterocycles. The SMILES string of the molecule is C1CCC(COC[C@H]2CCCN2)CC1. The first-order valence-corrected chi connectivity index (χ1v) is 6.26. The molecule has 0 bridgehead atoms. The van der Waals surface area contributed by atoms with E-state index < -0.39 is 0 Å². The normalized spacial score (nSPS) is 29.6. The smallest absolute Gasteiger partial charge is 0.0619 e. The highest BCUT2D eigenvalue weighted by Gasteiger charge is 2.16. The first-order valence-electron chi connectivity index (χ1n) is 6.26. The topological polar surface area (TPSA) is 21.3 Å². The van der Waals surface area contributed by atoms with E-state index >= 15 is 0 Å². The highest BCUT2D eigenvalue weighted by Crippen LogP contribution is 2.23. The molecular weight excluding hydrogens is 174 g/mol. The Kier molecular flexibility index (Phi) is 4.26. The van der Waals surface area contributed by atoms with Crippen molar-refractivity contribution in [1.82, 2.24) is 5.32 Å². The van der Waals surface area contributed by atoms with Gasteiger partial charge in [0, 0.05) is 12.6 Å². The zero-order valence-corrected chi connectivity index (χ0v) is 9.13. The van der Waals surface area contributed by atoms with Crippen LogP contribution in [0.25, 0.3) is 0 Å². The first kappa shape index (κ1) is 10.4. The van der Waals surface area contributed by atoms with Crippen LogP contribution in [0.3, 0.4) is 0 Å². The lowest BCUT2D eigenvalue weighted by atomic mass is 9.90. The van der Waals surface area contributed by atoms with Crippen LogP contribution in [0.15, 0.2) is 0 Å². The third-order valence-corrected chi connectivity index (χ3v) is 3.56. The van der Waals surface area contributed by atoms with Gasteiger partial charge in [0.1, 0.15) is 0 Å². The van der Waals surface area contributed by atoms with E-state index in [1.165, 1.54) is 51.5 Å². The second-order valence-electron chi connectivity index (χ2n) is 4.83. The lowest BCUT2D eigenvalue weighted by molar-refractivity contribution is 0.0728. The number of rotatable bonds is 4. The molecule has 14 heavy (non-hydrogen) atoms. The van der Waals surface area contributed by atoms with Gasteiger partial charge in [0.25, 0.3) is 0 Å². The third kappa shape index (κ3) is 3.25. The number of hydrogen-bond donors (Lipinski definition) is 1. The van der Waals surface area contributed by atoms with Crippen LogP contribution in [0.2, 0.25) is 0 Å². The summed E-state index contributed by atoms with van der Waals surface area (Å²) < 4.78 is 5.79. The van der Waals surface area contributed by atoms with Crippen LogP contribution in [0.1, 0.15) is 44.9 Å². The van der Waals surface area contributed by atoms with Crippen LogP contribution in [-0.4, -0.2) is 25.8 Å². The van der Waals surface area contributed by atoms with E-state index in [1.807, 2.05) is 0 Å². The predicted octanol–water partition coefficient (Wildman–Crippen LogP) is 2.34. The van der Waals surface area contributed by atoms with Crippen LogP contribution in [0.4, 0.5) is 0 Å². The molecule has 2 fully saturated rings. The molecule has 0 amide bonds. The van der Waals surface area contributed by atoms with Crippen molar-refractivity contribution in [1.29, 1.82) is 0 Å². The van der Waals surface area contributed by atoms with Gasteiger partial charge in [0.05, 0.1) is 6.61 Å². The summed E-state index contributed by atoms with van der Waals surface area (Å²) in [7, 11) is 0. The van der Waals surface area contributed by atoms with E-state index in [1.54, 1.807) is 0 Å². The molecule has 2 heteroatoms. The van der Waals surface area contributed by atoms with Crippen LogP contribution >= 0.6 is 0 Å². The molecule has 2 nitrogen and oxygen atoms in total. The van der Waals surface area contributed by atoms with Crippen molar-refractivity contribution in [3.05, 3.63) is 0 Å². The Hall–Kier alpha value is -0.0800. The van der Waals surface area contributed by atoms with Gasteiger partial charge in [-0.3, -0.25) is 0 Å². The van der Waals surface area contributed by atoms with Gasteiger partial charge in [-0.25, -0.2) is 0 Å². The Labute approximate surface area is 87.4 Å². The number of nitrogens with one attached hydrogen (secondary N) is 1. The van der Waals surface area contributed by atoms with Crippen molar-refractivity contribution in [2.45, 2.75) is 51.0 Å². The highest BCUT2D eigenvalue weighted by molar-refractivity contribution is 4.73. The Bertz CT molecular complexity index is 148. The molecule has 1 saturated carbocycles. The first-order chi connectivity index (χ1) is 6.95. The summed E-state index contributed by atoms with van der Waals surface area (Å²) in [5, 5.41) is 3.47. The predicted molar refractivity (Wildman–Crippen MR) is 58.4 cm³/mol. The van der Waals surface area contributed by atoms with Crippen molar-refractivity contribution < 1.29 is 4.74 Å². The van der Waals surface area contributed by atoms with Crippen molar-refractivity contribution in [2.24, 2.45) is 5.92 Å². The molecule has 0 spiro atoms. The van der Waals surface area contributed by atoms with Gasteiger partial charge < -0.3 is 10.1 Å². The Morgan fingerprint density at radius 1 is 0.929 bits per heavy atom. The third-order valence-electron chi connectivity index (χ3n) is 3.56. The van der Waals surface area contributed by atoms with Crippen LogP contribution in [-0.2, 0) is 4.74 Å². The van der Waals surface area contributed by atoms with Crippen molar-refractivity contribution >= 4 is 0 Å². The minimum Gasteiger partial charge on any atom is -0.380 e. The summed E-state index contributed by atoms with van der Waals surface area (Å²) in [5.74, 6) is 0.866. The molecule has 1 N–H and O–H groups in total. The van der Waals surface area contributed by atoms with E-state index in [2.05, 4.69) is 5.32 Å². The lowest BCUT2D eigenvalue weighted by Crippen LogP contribution is -2.28. The average Bonchev–Trinajstić information content (AvgIpc) is 2.72. The second-order valence-corrected chi connectivity index (χ2v) is 4.83. The molecule has 0 aromatic carbocycles. The molecule has 0 unspecified atom stereocenters. The summed E-state index contributed by atoms with van der Waals surface area (Å²) in [6.45, 7) is 3.14. The van der Waals surface area contributed by atoms with E-state index in [9.17, 15) is 0 Å². The standard InChI is InChI=1S/C12H23NO/c1-2-5-11(6-3-1)9-14-10-12-7-4-8-13-12/h11-13H,1-10H2/t12-/m1/s1. The van der Waals surface area contributed by atoms with E-state index in [0.29, 0.717) is 6.04 Å². The van der Waals surface area contributed by atoms with E-state index in [-0.39, 0.29) is 0 Å². The maximum absolute atomic E-state index is 5.79. The maximum Gasteiger partial charge on any atom is 0.0619 e. The van der Waals surface area contributed by atoms with Gasteiger partial charge in [-0.05, 0) is 38.1 Å². The van der Waals surface area contributed by atoms with Gasteiger partial charge >= 0.3 is 0 Å². The van der Waals surface area contributed by atoms with E-state index in [4.69, 9.17) is 4.74 Å². The fraction of sp³-hybridized carbons (Fsp3) is 1.00. The molecule has 1 atom stereocenters. The second kappa shape index (κ2) is 5.72. The Balaban J connectivity index is 1.52. The van der Waals surface area contributed by atoms with Gasteiger partial charge in [-0.15, -0.1) is 0 Å². The van der Waals surface area contributed by atoms with Crippen molar-refractivity contribution in [3.63, 3.8) is 0 Å². The lowest BCUT2D eigenvalue weighted by Gasteiger charge is -2.22. The van der Waals surface area contributed by atoms with Crippen LogP contribution < -0.4 is 5.32 Å². The zero-order valence-electron chi connectivity index (χ0n) is 9.13. The molecule has 1 aliphatic carbocycles. The molecule has 1 aliphatic heterocycles. The minimum absolute atomic E-state index is 0.651. The van der Waals surface area contributed by atoms with Crippen molar-refractivity contribution in [2.75, 3.05) is 19.8 Å². The summed E-state index contributed by atoms with van der Waals surface area (Å²) in [4.78, 5) is 0. The monoisotopic (exact) mass is 197 g/mol. The fourth-order valence-electron chi connectivity index (χ4n) is 2.63. The summed E-state index contributed by atoms with van der Waals surface area (Å²) in [6, 6.07) is 0.651. The Morgan fingerprint density at radius 3 is 2.50 bits per heavy atom. The van der Waals surface area contributed by atoms with Gasteiger partial charge in [0.2, 0.25) is 0 Å². The molecule has 1 saturated heterocycles. The molecule has 0 radical (unpaired) electrons.